The third kappa shape index (κ3) is 3.72. The number of hydrogen-bond donors (Lipinski definition) is 1. The zero-order valence-corrected chi connectivity index (χ0v) is 17.3. The summed E-state index contributed by atoms with van der Waals surface area (Å²) in [6.07, 6.45) is 0.609. The number of aromatic nitrogens is 1. The number of aryl methyl sites for hydroxylation is 3. The van der Waals surface area contributed by atoms with Crippen LogP contribution in [-0.2, 0) is 9.53 Å². The van der Waals surface area contributed by atoms with E-state index in [2.05, 4.69) is 4.98 Å². The number of ketones is 1. The molecule has 0 aliphatic carbocycles. The zero-order valence-electron chi connectivity index (χ0n) is 16.5. The number of carbonyl (C=O) groups is 2. The van der Waals surface area contributed by atoms with E-state index in [0.717, 1.165) is 16.1 Å². The molecular formula is C21H24N2O4S. The number of nitrogens with zero attached hydrogens (tertiary/aromatic N) is 2. The molecule has 0 bridgehead atoms. The summed E-state index contributed by atoms with van der Waals surface area (Å²) in [7, 11) is 1.60. The fourth-order valence-electron chi connectivity index (χ4n) is 3.55. The number of benzene rings is 1. The average molecular weight is 401 g/mol. The van der Waals surface area contributed by atoms with Crippen molar-refractivity contribution in [1.29, 1.82) is 0 Å². The molecule has 0 spiro atoms. The number of carbonyl (C=O) groups excluding carboxylic acids is 2. The Hall–Kier alpha value is -2.51. The van der Waals surface area contributed by atoms with Crippen LogP contribution in [0.3, 0.4) is 0 Å². The lowest BCUT2D eigenvalue weighted by Crippen LogP contribution is -2.32. The van der Waals surface area contributed by atoms with Gasteiger partial charge in [-0.15, -0.1) is 11.3 Å². The van der Waals surface area contributed by atoms with Gasteiger partial charge in [0.1, 0.15) is 0 Å². The van der Waals surface area contributed by atoms with Crippen molar-refractivity contribution >= 4 is 23.0 Å². The summed E-state index contributed by atoms with van der Waals surface area (Å²) in [6, 6.07) is 7.04. The van der Waals surface area contributed by atoms with Crippen molar-refractivity contribution in [2.24, 2.45) is 0 Å². The van der Waals surface area contributed by atoms with Crippen molar-refractivity contribution in [1.82, 2.24) is 9.88 Å². The lowest BCUT2D eigenvalue weighted by molar-refractivity contribution is -0.129. The highest BCUT2D eigenvalue weighted by Gasteiger charge is 2.44. The van der Waals surface area contributed by atoms with Gasteiger partial charge in [-0.05, 0) is 32.8 Å². The van der Waals surface area contributed by atoms with Gasteiger partial charge in [0.15, 0.2) is 5.76 Å². The Labute approximate surface area is 168 Å². The second-order valence-corrected chi connectivity index (χ2v) is 8.10. The van der Waals surface area contributed by atoms with E-state index in [1.54, 1.807) is 18.9 Å². The molecule has 0 saturated heterocycles. The van der Waals surface area contributed by atoms with Crippen molar-refractivity contribution in [2.45, 2.75) is 33.2 Å². The van der Waals surface area contributed by atoms with E-state index in [4.69, 9.17) is 4.74 Å². The average Bonchev–Trinajstić information content (AvgIpc) is 3.12. The Morgan fingerprint density at radius 3 is 2.68 bits per heavy atom. The number of rotatable bonds is 7. The maximum absolute atomic E-state index is 13.3. The van der Waals surface area contributed by atoms with Crippen LogP contribution in [0, 0.1) is 20.8 Å². The maximum Gasteiger partial charge on any atom is 0.290 e. The second-order valence-electron chi connectivity index (χ2n) is 6.90. The van der Waals surface area contributed by atoms with Gasteiger partial charge in [-0.2, -0.15) is 0 Å². The molecule has 3 rings (SSSR count). The highest BCUT2D eigenvalue weighted by Crippen LogP contribution is 2.40. The van der Waals surface area contributed by atoms with Gasteiger partial charge in [-0.3, -0.25) is 9.59 Å². The van der Waals surface area contributed by atoms with Gasteiger partial charge in [0.25, 0.3) is 5.91 Å². The van der Waals surface area contributed by atoms with E-state index < -0.39 is 17.7 Å². The molecule has 7 heteroatoms. The van der Waals surface area contributed by atoms with E-state index >= 15 is 0 Å². The summed E-state index contributed by atoms with van der Waals surface area (Å²) >= 11 is 1.28. The Morgan fingerprint density at radius 1 is 1.32 bits per heavy atom. The number of ether oxygens (including phenoxy) is 1. The van der Waals surface area contributed by atoms with Crippen molar-refractivity contribution in [3.63, 3.8) is 0 Å². The van der Waals surface area contributed by atoms with E-state index in [1.165, 1.54) is 11.3 Å². The van der Waals surface area contributed by atoms with Crippen LogP contribution in [0.15, 0.2) is 35.6 Å². The maximum atomic E-state index is 13.3. The van der Waals surface area contributed by atoms with E-state index in [0.29, 0.717) is 30.1 Å². The molecule has 1 aromatic heterocycles. The van der Waals surface area contributed by atoms with Gasteiger partial charge >= 0.3 is 0 Å². The lowest BCUT2D eigenvalue weighted by atomic mass is 9.94. The van der Waals surface area contributed by atoms with E-state index in [1.807, 2.05) is 38.1 Å². The van der Waals surface area contributed by atoms with Gasteiger partial charge < -0.3 is 14.7 Å². The standard InChI is InChI=1S/C21H24N2O4S/c1-12-7-5-8-15(11-12)17-16(18(24)20-13(2)22-14(3)28-20)19(25)21(26)23(17)9-6-10-27-4/h5,7-8,11,17,25H,6,9-10H2,1-4H3. The minimum atomic E-state index is -0.626. The molecule has 1 aromatic carbocycles. The van der Waals surface area contributed by atoms with Crippen molar-refractivity contribution in [2.75, 3.05) is 20.3 Å². The summed E-state index contributed by atoms with van der Waals surface area (Å²) in [5.74, 6) is -1.33. The largest absolute Gasteiger partial charge is 0.503 e. The molecule has 6 nitrogen and oxygen atoms in total. The molecular weight excluding hydrogens is 376 g/mol. The zero-order chi connectivity index (χ0) is 20.4. The number of Topliss-reactive ketones (excluding diaryl/α,β-unsaturated/α-hetero) is 1. The Kier molecular flexibility index (Phi) is 5.96. The predicted molar refractivity (Wildman–Crippen MR) is 108 cm³/mol. The predicted octanol–water partition coefficient (Wildman–Crippen LogP) is 3.68. The molecule has 1 N–H and O–H groups in total. The molecule has 1 unspecified atom stereocenters. The monoisotopic (exact) mass is 400 g/mol. The minimum absolute atomic E-state index is 0.125. The molecule has 0 saturated carbocycles. The summed E-state index contributed by atoms with van der Waals surface area (Å²) in [4.78, 5) is 32.5. The molecule has 1 atom stereocenters. The third-order valence-corrected chi connectivity index (χ3v) is 5.84. The highest BCUT2D eigenvalue weighted by molar-refractivity contribution is 7.14. The number of methoxy groups -OCH3 is 1. The number of hydrogen-bond acceptors (Lipinski definition) is 6. The molecule has 2 heterocycles. The summed E-state index contributed by atoms with van der Waals surface area (Å²) in [5.41, 5.74) is 2.56. The number of aliphatic hydroxyl groups is 1. The summed E-state index contributed by atoms with van der Waals surface area (Å²) < 4.78 is 5.10. The number of thiazole rings is 1. The molecule has 1 amide bonds. The molecule has 0 fully saturated rings. The van der Waals surface area contributed by atoms with E-state index in [-0.39, 0.29) is 11.4 Å². The van der Waals surface area contributed by atoms with Gasteiger partial charge in [-0.1, -0.05) is 29.8 Å². The minimum Gasteiger partial charge on any atom is -0.503 e. The smallest absolute Gasteiger partial charge is 0.290 e. The van der Waals surface area contributed by atoms with Crippen LogP contribution in [0.1, 0.15) is 44.0 Å². The summed E-state index contributed by atoms with van der Waals surface area (Å²) in [6.45, 7) is 6.42. The summed E-state index contributed by atoms with van der Waals surface area (Å²) in [5, 5.41) is 11.4. The van der Waals surface area contributed by atoms with Crippen molar-refractivity contribution in [3.8, 4) is 0 Å². The molecule has 2 aromatic rings. The van der Waals surface area contributed by atoms with Crippen LogP contribution >= 0.6 is 11.3 Å². The van der Waals surface area contributed by atoms with Crippen LogP contribution < -0.4 is 0 Å². The normalized spacial score (nSPS) is 16.9. The van der Waals surface area contributed by atoms with Crippen LogP contribution in [0.5, 0.6) is 0 Å². The van der Waals surface area contributed by atoms with Gasteiger partial charge in [-0.25, -0.2) is 4.98 Å². The molecule has 1 aliphatic rings. The first kappa shape index (κ1) is 20.2. The lowest BCUT2D eigenvalue weighted by Gasteiger charge is -2.27. The van der Waals surface area contributed by atoms with Gasteiger partial charge in [0.2, 0.25) is 5.78 Å². The molecule has 28 heavy (non-hydrogen) atoms. The van der Waals surface area contributed by atoms with Crippen LogP contribution in [0.4, 0.5) is 0 Å². The molecule has 1 aliphatic heterocycles. The van der Waals surface area contributed by atoms with Crippen LogP contribution in [0.25, 0.3) is 0 Å². The van der Waals surface area contributed by atoms with Gasteiger partial charge in [0, 0.05) is 20.3 Å². The Bertz CT molecular complexity index is 948. The van der Waals surface area contributed by atoms with Crippen LogP contribution in [-0.4, -0.2) is 46.9 Å². The Morgan fingerprint density at radius 2 is 2.07 bits per heavy atom. The van der Waals surface area contributed by atoms with Crippen LogP contribution in [0.2, 0.25) is 0 Å². The highest BCUT2D eigenvalue weighted by atomic mass is 32.1. The first-order valence-electron chi connectivity index (χ1n) is 9.13. The first-order chi connectivity index (χ1) is 13.3. The topological polar surface area (TPSA) is 79.7 Å². The fourth-order valence-corrected chi connectivity index (χ4v) is 4.42. The number of aliphatic hydroxyl groups excluding tert-OH is 1. The van der Waals surface area contributed by atoms with E-state index in [9.17, 15) is 14.7 Å². The fraction of sp³-hybridized carbons (Fsp3) is 0.381. The second kappa shape index (κ2) is 8.24. The molecule has 148 valence electrons. The van der Waals surface area contributed by atoms with Crippen molar-refractivity contribution < 1.29 is 19.4 Å². The quantitative estimate of drug-likeness (QED) is 0.566. The first-order valence-corrected chi connectivity index (χ1v) is 9.95. The van der Waals surface area contributed by atoms with Gasteiger partial charge in [0.05, 0.1) is 27.2 Å². The third-order valence-electron chi connectivity index (χ3n) is 4.76. The SMILES string of the molecule is COCCCN1C(=O)C(O)=C(C(=O)c2sc(C)nc2C)C1c1cccc(C)c1. The van der Waals surface area contributed by atoms with Crippen molar-refractivity contribution in [3.05, 3.63) is 62.3 Å². The Balaban J connectivity index is 2.07. The number of amides is 1. The molecule has 0 radical (unpaired) electrons.